The summed E-state index contributed by atoms with van der Waals surface area (Å²) in [5.41, 5.74) is 0. The first-order valence-electron chi connectivity index (χ1n) is 4.88. The molecule has 0 bridgehead atoms. The second-order valence-electron chi connectivity index (χ2n) is 3.12. The van der Waals surface area contributed by atoms with Crippen LogP contribution in [0.3, 0.4) is 0 Å². The molecule has 0 aromatic rings. The summed E-state index contributed by atoms with van der Waals surface area (Å²) in [6.07, 6.45) is 17.4. The fourth-order valence-corrected chi connectivity index (χ4v) is 1.67. The molecule has 0 N–H and O–H groups in total. The predicted molar refractivity (Wildman–Crippen MR) is 73.5 cm³/mol. The van der Waals surface area contributed by atoms with Crippen molar-refractivity contribution in [3.8, 4) is 0 Å². The molecule has 1 atom stereocenters. The maximum absolute atomic E-state index is 11.4. The fraction of sp³-hybridized carbons (Fsp3) is 0.154. The SMILES string of the molecule is O=C([C]1[CH][CH][CH][CH]1)C(Br)CBr.[CH]1[CH][CH][CH][CH]1.[Fe+2]. The van der Waals surface area contributed by atoms with Gasteiger partial charge in [-0.05, 0) is 57.8 Å². The Morgan fingerprint density at radius 2 is 1.41 bits per heavy atom. The summed E-state index contributed by atoms with van der Waals surface area (Å²) in [7, 11) is 0. The molecular formula is C13H12Br2FeO+2. The number of hydrogen-bond acceptors (Lipinski definition) is 1. The average molecular weight is 400 g/mol. The van der Waals surface area contributed by atoms with Crippen molar-refractivity contribution < 1.29 is 21.9 Å². The largest absolute Gasteiger partial charge is 2.00 e. The molecule has 0 heterocycles. The third-order valence-electron chi connectivity index (χ3n) is 1.92. The van der Waals surface area contributed by atoms with E-state index in [4.69, 9.17) is 0 Å². The van der Waals surface area contributed by atoms with E-state index >= 15 is 0 Å². The Bertz CT molecular complexity index is 194. The van der Waals surface area contributed by atoms with Crippen LogP contribution in [0.15, 0.2) is 0 Å². The molecule has 2 rings (SSSR count). The van der Waals surface area contributed by atoms with Crippen molar-refractivity contribution in [2.75, 3.05) is 5.33 Å². The standard InChI is InChI=1S/C8H7Br2O.C5H5.Fe/c9-5-7(10)8(11)6-3-1-2-4-6;1-2-4-5-3-1;/h1-4,7H,5H2;1-5H;/q;;+2. The molecule has 1 unspecified atom stereocenters. The monoisotopic (exact) mass is 398 g/mol. The molecule has 90 valence electrons. The molecule has 10 radical (unpaired) electrons. The third kappa shape index (κ3) is 7.34. The number of carbonyl (C=O) groups is 1. The van der Waals surface area contributed by atoms with Gasteiger partial charge in [-0.15, -0.1) is 0 Å². The topological polar surface area (TPSA) is 17.1 Å². The van der Waals surface area contributed by atoms with E-state index in [0.29, 0.717) is 5.33 Å². The van der Waals surface area contributed by atoms with E-state index < -0.39 is 0 Å². The molecule has 0 aliphatic heterocycles. The van der Waals surface area contributed by atoms with Crippen molar-refractivity contribution >= 4 is 37.6 Å². The van der Waals surface area contributed by atoms with Gasteiger partial charge in [-0.3, -0.25) is 4.79 Å². The zero-order chi connectivity index (χ0) is 11.8. The Kier molecular flexibility index (Phi) is 11.8. The molecule has 1 nitrogen and oxygen atoms in total. The molecule has 17 heavy (non-hydrogen) atoms. The Hall–Kier alpha value is 1.15. The zero-order valence-corrected chi connectivity index (χ0v) is 13.3. The number of ketones is 1. The molecule has 2 fully saturated rings. The Balaban J connectivity index is 0.000000360. The molecule has 4 heteroatoms. The second-order valence-corrected chi connectivity index (χ2v) is 4.87. The number of carbonyl (C=O) groups excluding carboxylic acids is 1. The van der Waals surface area contributed by atoms with E-state index in [1.807, 2.05) is 57.8 Å². The first-order chi connectivity index (χ1) is 7.75. The van der Waals surface area contributed by atoms with E-state index in [2.05, 4.69) is 31.9 Å². The normalized spacial score (nSPS) is 21.3. The van der Waals surface area contributed by atoms with Gasteiger partial charge in [-0.1, -0.05) is 31.9 Å². The van der Waals surface area contributed by atoms with Crippen LogP contribution in [0.1, 0.15) is 0 Å². The zero-order valence-electron chi connectivity index (χ0n) is 9.00. The molecule has 2 aliphatic rings. The van der Waals surface area contributed by atoms with Crippen molar-refractivity contribution in [1.82, 2.24) is 0 Å². The quantitative estimate of drug-likeness (QED) is 0.526. The predicted octanol–water partition coefficient (Wildman–Crippen LogP) is 3.14. The number of halogens is 2. The molecule has 0 spiro atoms. The van der Waals surface area contributed by atoms with Gasteiger partial charge < -0.3 is 0 Å². The van der Waals surface area contributed by atoms with Crippen LogP contribution in [0, 0.1) is 63.7 Å². The van der Waals surface area contributed by atoms with Crippen LogP contribution < -0.4 is 0 Å². The smallest absolute Gasteiger partial charge is 0.298 e. The second kappa shape index (κ2) is 11.0. The summed E-state index contributed by atoms with van der Waals surface area (Å²) in [5.74, 6) is 0.901. The molecule has 0 saturated heterocycles. The average Bonchev–Trinajstić information content (AvgIpc) is 3.00. The van der Waals surface area contributed by atoms with E-state index in [1.54, 1.807) is 0 Å². The van der Waals surface area contributed by atoms with Crippen molar-refractivity contribution in [2.45, 2.75) is 4.83 Å². The first kappa shape index (κ1) is 18.1. The van der Waals surface area contributed by atoms with Gasteiger partial charge in [-0.2, -0.15) is 0 Å². The van der Waals surface area contributed by atoms with Gasteiger partial charge in [0.15, 0.2) is 5.78 Å². The van der Waals surface area contributed by atoms with Crippen LogP contribution in [0.25, 0.3) is 0 Å². The minimum absolute atomic E-state index is 0. The van der Waals surface area contributed by atoms with Crippen molar-refractivity contribution in [3.63, 3.8) is 0 Å². The number of hydrogen-bond donors (Lipinski definition) is 0. The molecular weight excluding hydrogens is 388 g/mol. The van der Waals surface area contributed by atoms with Crippen molar-refractivity contribution in [1.29, 1.82) is 0 Å². The molecule has 0 aromatic carbocycles. The van der Waals surface area contributed by atoms with Crippen LogP contribution >= 0.6 is 31.9 Å². The Morgan fingerprint density at radius 3 is 1.76 bits per heavy atom. The van der Waals surface area contributed by atoms with E-state index in [1.165, 1.54) is 0 Å². The van der Waals surface area contributed by atoms with E-state index in [9.17, 15) is 4.79 Å². The molecule has 0 amide bonds. The summed E-state index contributed by atoms with van der Waals surface area (Å²) in [4.78, 5) is 11.3. The fourth-order valence-electron chi connectivity index (χ4n) is 1.11. The van der Waals surface area contributed by atoms with Crippen LogP contribution in [-0.2, 0) is 21.9 Å². The minimum Gasteiger partial charge on any atom is -0.298 e. The molecule has 2 aliphatic carbocycles. The third-order valence-corrected chi connectivity index (χ3v) is 4.18. The number of rotatable bonds is 3. The summed E-state index contributed by atoms with van der Waals surface area (Å²) in [6.45, 7) is 0. The van der Waals surface area contributed by atoms with Crippen LogP contribution in [0.4, 0.5) is 0 Å². The number of alkyl halides is 2. The van der Waals surface area contributed by atoms with Crippen LogP contribution in [0.2, 0.25) is 0 Å². The molecule has 2 saturated carbocycles. The van der Waals surface area contributed by atoms with Gasteiger partial charge >= 0.3 is 17.1 Å². The summed E-state index contributed by atoms with van der Waals surface area (Å²) >= 11 is 6.50. The van der Waals surface area contributed by atoms with Gasteiger partial charge in [0.05, 0.1) is 10.7 Å². The van der Waals surface area contributed by atoms with Gasteiger partial charge in [-0.25, -0.2) is 0 Å². The first-order valence-corrected chi connectivity index (χ1v) is 6.92. The van der Waals surface area contributed by atoms with E-state index in [-0.39, 0.29) is 27.7 Å². The van der Waals surface area contributed by atoms with Gasteiger partial charge in [0.2, 0.25) is 0 Å². The maximum atomic E-state index is 11.4. The van der Waals surface area contributed by atoms with Crippen LogP contribution in [0.5, 0.6) is 0 Å². The van der Waals surface area contributed by atoms with Crippen molar-refractivity contribution in [2.24, 2.45) is 0 Å². The van der Waals surface area contributed by atoms with Crippen LogP contribution in [-0.4, -0.2) is 15.9 Å². The van der Waals surface area contributed by atoms with Gasteiger partial charge in [0.1, 0.15) is 0 Å². The summed E-state index contributed by atoms with van der Waals surface area (Å²) in [6, 6.07) is 0. The maximum Gasteiger partial charge on any atom is 2.00 e. The summed E-state index contributed by atoms with van der Waals surface area (Å²) in [5, 5.41) is 0.650. The summed E-state index contributed by atoms with van der Waals surface area (Å²) < 4.78 is 0. The Morgan fingerprint density at radius 1 is 1.00 bits per heavy atom. The van der Waals surface area contributed by atoms with Gasteiger partial charge in [0.25, 0.3) is 0 Å². The molecule has 0 aromatic heterocycles. The minimum atomic E-state index is -0.107. The van der Waals surface area contributed by atoms with Gasteiger partial charge in [0, 0.05) is 5.33 Å². The van der Waals surface area contributed by atoms with Crippen molar-refractivity contribution in [3.05, 3.63) is 63.7 Å². The number of Topliss-reactive ketones (excluding diaryl/α,β-unsaturated/α-hetero) is 1. The van der Waals surface area contributed by atoms with E-state index in [0.717, 1.165) is 5.92 Å². The Labute approximate surface area is 133 Å².